The molecule has 0 aromatic carbocycles. The number of amides is 1. The molecule has 1 aliphatic rings. The molecule has 1 amide bonds. The number of aromatic amines is 1. The average molecular weight is 242 g/mol. The normalized spacial score (nSPS) is 17.3. The van der Waals surface area contributed by atoms with E-state index in [0.29, 0.717) is 16.6 Å². The number of piperidine rings is 1. The summed E-state index contributed by atoms with van der Waals surface area (Å²) in [5.74, 6) is 0.515. The average Bonchev–Trinajstić information content (AvgIpc) is 2.74. The molecule has 0 radical (unpaired) electrons. The van der Waals surface area contributed by atoms with Crippen LogP contribution in [-0.4, -0.2) is 30.5 Å². The molecule has 4 nitrogen and oxygen atoms in total. The van der Waals surface area contributed by atoms with Crippen LogP contribution in [0.25, 0.3) is 0 Å². The predicted molar refractivity (Wildman–Crippen MR) is 63.7 cm³/mol. The van der Waals surface area contributed by atoms with E-state index in [9.17, 15) is 4.79 Å². The third-order valence-electron chi connectivity index (χ3n) is 2.90. The van der Waals surface area contributed by atoms with Crippen LogP contribution in [0.4, 0.5) is 0 Å². The van der Waals surface area contributed by atoms with Gasteiger partial charge in [-0.05, 0) is 37.9 Å². The highest BCUT2D eigenvalue weighted by atomic mass is 35.5. The Labute approximate surface area is 99.8 Å². The van der Waals surface area contributed by atoms with Crippen molar-refractivity contribution in [2.75, 3.05) is 19.6 Å². The lowest BCUT2D eigenvalue weighted by Gasteiger charge is -2.22. The summed E-state index contributed by atoms with van der Waals surface area (Å²) < 4.78 is 0. The number of nitrogens with one attached hydrogen (secondary N) is 3. The molecule has 1 aromatic heterocycles. The van der Waals surface area contributed by atoms with Crippen LogP contribution >= 0.6 is 11.6 Å². The molecule has 5 heteroatoms. The van der Waals surface area contributed by atoms with E-state index in [2.05, 4.69) is 15.6 Å². The smallest absolute Gasteiger partial charge is 0.267 e. The van der Waals surface area contributed by atoms with Gasteiger partial charge in [-0.25, -0.2) is 0 Å². The molecule has 88 valence electrons. The molecular weight excluding hydrogens is 226 g/mol. The van der Waals surface area contributed by atoms with E-state index in [-0.39, 0.29) is 5.91 Å². The lowest BCUT2D eigenvalue weighted by molar-refractivity contribution is 0.0940. The summed E-state index contributed by atoms with van der Waals surface area (Å²) in [5, 5.41) is 6.79. The van der Waals surface area contributed by atoms with Gasteiger partial charge < -0.3 is 15.6 Å². The van der Waals surface area contributed by atoms with Gasteiger partial charge in [0.1, 0.15) is 5.69 Å². The maximum absolute atomic E-state index is 11.7. The minimum absolute atomic E-state index is 0.0783. The number of hydrogen-bond acceptors (Lipinski definition) is 2. The van der Waals surface area contributed by atoms with E-state index in [1.165, 1.54) is 0 Å². The van der Waals surface area contributed by atoms with Crippen molar-refractivity contribution >= 4 is 17.5 Å². The van der Waals surface area contributed by atoms with E-state index < -0.39 is 0 Å². The summed E-state index contributed by atoms with van der Waals surface area (Å²) >= 11 is 5.73. The predicted octanol–water partition coefficient (Wildman–Crippen LogP) is 1.40. The first-order valence-electron chi connectivity index (χ1n) is 5.58. The zero-order valence-electron chi connectivity index (χ0n) is 9.05. The minimum atomic E-state index is -0.0783. The van der Waals surface area contributed by atoms with Crippen molar-refractivity contribution in [3.8, 4) is 0 Å². The van der Waals surface area contributed by atoms with Crippen LogP contribution < -0.4 is 10.6 Å². The van der Waals surface area contributed by atoms with Gasteiger partial charge in [-0.1, -0.05) is 11.6 Å². The Morgan fingerprint density at radius 3 is 2.88 bits per heavy atom. The fourth-order valence-corrected chi connectivity index (χ4v) is 2.08. The summed E-state index contributed by atoms with van der Waals surface area (Å²) in [6, 6.07) is 1.64. The molecule has 3 N–H and O–H groups in total. The number of hydrogen-bond donors (Lipinski definition) is 3. The lowest BCUT2D eigenvalue weighted by Crippen LogP contribution is -2.36. The molecule has 0 bridgehead atoms. The molecule has 1 fully saturated rings. The van der Waals surface area contributed by atoms with Crippen molar-refractivity contribution in [3.63, 3.8) is 0 Å². The second-order valence-electron chi connectivity index (χ2n) is 4.13. The lowest BCUT2D eigenvalue weighted by atomic mass is 9.98. The van der Waals surface area contributed by atoms with E-state index >= 15 is 0 Å². The molecule has 0 spiro atoms. The summed E-state index contributed by atoms with van der Waals surface area (Å²) in [7, 11) is 0. The van der Waals surface area contributed by atoms with Crippen LogP contribution in [-0.2, 0) is 0 Å². The number of aromatic nitrogens is 1. The summed E-state index contributed by atoms with van der Waals surface area (Å²) in [6.07, 6.45) is 3.87. The number of carbonyl (C=O) groups is 1. The SMILES string of the molecule is O=C(NCC1CCNCC1)c1cc(Cl)c[nH]1. The van der Waals surface area contributed by atoms with E-state index in [4.69, 9.17) is 11.6 Å². The van der Waals surface area contributed by atoms with Crippen LogP contribution in [0.2, 0.25) is 5.02 Å². The number of halogens is 1. The standard InChI is InChI=1S/C11H16ClN3O/c12-9-5-10(14-7-9)11(16)15-6-8-1-3-13-4-2-8/h5,7-8,13-14H,1-4,6H2,(H,15,16). The van der Waals surface area contributed by atoms with E-state index in [0.717, 1.165) is 32.5 Å². The largest absolute Gasteiger partial charge is 0.356 e. The van der Waals surface area contributed by atoms with Gasteiger partial charge in [-0.3, -0.25) is 4.79 Å². The summed E-state index contributed by atoms with van der Waals surface area (Å²) in [4.78, 5) is 14.5. The monoisotopic (exact) mass is 241 g/mol. The molecule has 0 unspecified atom stereocenters. The zero-order chi connectivity index (χ0) is 11.4. The number of H-pyrrole nitrogens is 1. The molecule has 2 heterocycles. The van der Waals surface area contributed by atoms with Crippen LogP contribution in [0, 0.1) is 5.92 Å². The quantitative estimate of drug-likeness (QED) is 0.749. The van der Waals surface area contributed by atoms with Gasteiger partial charge in [0, 0.05) is 12.7 Å². The van der Waals surface area contributed by atoms with Gasteiger partial charge in [-0.15, -0.1) is 0 Å². The fourth-order valence-electron chi connectivity index (χ4n) is 1.92. The maximum atomic E-state index is 11.7. The first-order chi connectivity index (χ1) is 7.75. The van der Waals surface area contributed by atoms with Crippen molar-refractivity contribution in [1.29, 1.82) is 0 Å². The van der Waals surface area contributed by atoms with E-state index in [1.807, 2.05) is 0 Å². The highest BCUT2D eigenvalue weighted by molar-refractivity contribution is 6.30. The van der Waals surface area contributed by atoms with Gasteiger partial charge in [0.2, 0.25) is 0 Å². The fraction of sp³-hybridized carbons (Fsp3) is 0.545. The van der Waals surface area contributed by atoms with Crippen molar-refractivity contribution in [1.82, 2.24) is 15.6 Å². The Bertz CT molecular complexity index is 358. The Hall–Kier alpha value is -1.00. The summed E-state index contributed by atoms with van der Waals surface area (Å²) in [6.45, 7) is 2.85. The van der Waals surface area contributed by atoms with Crippen LogP contribution in [0.3, 0.4) is 0 Å². The van der Waals surface area contributed by atoms with Gasteiger partial charge in [0.05, 0.1) is 5.02 Å². The molecule has 16 heavy (non-hydrogen) atoms. The molecular formula is C11H16ClN3O. The first-order valence-corrected chi connectivity index (χ1v) is 5.96. The van der Waals surface area contributed by atoms with Crippen molar-refractivity contribution in [2.45, 2.75) is 12.8 Å². The Balaban J connectivity index is 1.79. The number of carbonyl (C=O) groups excluding carboxylic acids is 1. The Kier molecular flexibility index (Phi) is 3.85. The molecule has 0 atom stereocenters. The van der Waals surface area contributed by atoms with Gasteiger partial charge in [-0.2, -0.15) is 0 Å². The molecule has 1 aliphatic heterocycles. The molecule has 0 aliphatic carbocycles. The third-order valence-corrected chi connectivity index (χ3v) is 3.12. The van der Waals surface area contributed by atoms with Crippen LogP contribution in [0.5, 0.6) is 0 Å². The first kappa shape index (κ1) is 11.5. The van der Waals surface area contributed by atoms with Crippen LogP contribution in [0.15, 0.2) is 12.3 Å². The van der Waals surface area contributed by atoms with Gasteiger partial charge in [0.25, 0.3) is 5.91 Å². The third kappa shape index (κ3) is 3.00. The highest BCUT2D eigenvalue weighted by Gasteiger charge is 2.14. The minimum Gasteiger partial charge on any atom is -0.356 e. The highest BCUT2D eigenvalue weighted by Crippen LogP contribution is 2.11. The van der Waals surface area contributed by atoms with Gasteiger partial charge in [0.15, 0.2) is 0 Å². The molecule has 2 rings (SSSR count). The Morgan fingerprint density at radius 2 is 2.25 bits per heavy atom. The molecule has 1 aromatic rings. The van der Waals surface area contributed by atoms with Crippen molar-refractivity contribution in [2.24, 2.45) is 5.92 Å². The molecule has 1 saturated heterocycles. The topological polar surface area (TPSA) is 56.9 Å². The number of rotatable bonds is 3. The van der Waals surface area contributed by atoms with Crippen molar-refractivity contribution < 1.29 is 4.79 Å². The zero-order valence-corrected chi connectivity index (χ0v) is 9.81. The van der Waals surface area contributed by atoms with Crippen molar-refractivity contribution in [3.05, 3.63) is 23.0 Å². The second kappa shape index (κ2) is 5.37. The van der Waals surface area contributed by atoms with Crippen LogP contribution in [0.1, 0.15) is 23.3 Å². The Morgan fingerprint density at radius 1 is 1.50 bits per heavy atom. The second-order valence-corrected chi connectivity index (χ2v) is 4.57. The maximum Gasteiger partial charge on any atom is 0.267 e. The van der Waals surface area contributed by atoms with E-state index in [1.54, 1.807) is 12.3 Å². The molecule has 0 saturated carbocycles. The van der Waals surface area contributed by atoms with Gasteiger partial charge >= 0.3 is 0 Å². The summed E-state index contributed by atoms with van der Waals surface area (Å²) in [5.41, 5.74) is 0.527.